The summed E-state index contributed by atoms with van der Waals surface area (Å²) in [7, 11) is 1.84. The molecule has 0 atom stereocenters. The minimum atomic E-state index is -0.308. The van der Waals surface area contributed by atoms with Crippen LogP contribution in [0.1, 0.15) is 38.9 Å². The number of hydrogen-bond acceptors (Lipinski definition) is 4. The van der Waals surface area contributed by atoms with Crippen LogP contribution in [0.5, 0.6) is 0 Å². The van der Waals surface area contributed by atoms with E-state index >= 15 is 0 Å². The Morgan fingerprint density at radius 2 is 1.82 bits per heavy atom. The van der Waals surface area contributed by atoms with E-state index in [0.29, 0.717) is 17.7 Å². The number of aromatic nitrogens is 4. The van der Waals surface area contributed by atoms with E-state index in [4.69, 9.17) is 5.73 Å². The maximum atomic E-state index is 12.6. The lowest BCUT2D eigenvalue weighted by Gasteiger charge is -2.10. The number of unbranched alkanes of at least 4 members (excludes halogenated alkanes) is 1. The topological polar surface area (TPSA) is 87.8 Å². The van der Waals surface area contributed by atoms with Crippen molar-refractivity contribution in [2.45, 2.75) is 52.6 Å². The van der Waals surface area contributed by atoms with Gasteiger partial charge in [0.15, 0.2) is 11.2 Å². The fourth-order valence-corrected chi connectivity index (χ4v) is 2.70. The fraction of sp³-hybridized carbons (Fsp3) is 0.667. The number of nitrogens with zero attached hydrogens (tertiary/aromatic N) is 4. The van der Waals surface area contributed by atoms with E-state index in [9.17, 15) is 9.59 Å². The van der Waals surface area contributed by atoms with Gasteiger partial charge in [-0.05, 0) is 12.8 Å². The van der Waals surface area contributed by atoms with Crippen LogP contribution < -0.4 is 17.0 Å². The predicted molar refractivity (Wildman–Crippen MR) is 87.2 cm³/mol. The number of rotatable bonds is 7. The Morgan fingerprint density at radius 1 is 1.09 bits per heavy atom. The Labute approximate surface area is 129 Å². The maximum absolute atomic E-state index is 12.6. The first kappa shape index (κ1) is 16.5. The lowest BCUT2D eigenvalue weighted by molar-refractivity contribution is 0.551. The highest BCUT2D eigenvalue weighted by atomic mass is 16.2. The molecular formula is C15H25N5O2. The molecular weight excluding hydrogens is 282 g/mol. The summed E-state index contributed by atoms with van der Waals surface area (Å²) in [5, 5.41) is 0. The van der Waals surface area contributed by atoms with Gasteiger partial charge in [0.2, 0.25) is 0 Å². The van der Waals surface area contributed by atoms with Crippen molar-refractivity contribution in [3.63, 3.8) is 0 Å². The van der Waals surface area contributed by atoms with E-state index in [1.807, 2.05) is 11.6 Å². The second-order valence-corrected chi connectivity index (χ2v) is 5.54. The summed E-state index contributed by atoms with van der Waals surface area (Å²) < 4.78 is 4.67. The molecule has 0 saturated heterocycles. The second-order valence-electron chi connectivity index (χ2n) is 5.54. The number of aryl methyl sites for hydroxylation is 3. The molecule has 2 rings (SSSR count). The van der Waals surface area contributed by atoms with Crippen molar-refractivity contribution in [2.24, 2.45) is 12.8 Å². The standard InChI is InChI=1S/C15H25N5O2/c1-4-6-9-19-13-12(18(3)11(17-13)7-5-2)14(21)20(10-8-16)15(19)22/h4-10,16H2,1-3H3. The average Bonchev–Trinajstić information content (AvgIpc) is 2.81. The summed E-state index contributed by atoms with van der Waals surface area (Å²) in [6.07, 6.45) is 3.56. The van der Waals surface area contributed by atoms with Crippen LogP contribution in [0.4, 0.5) is 0 Å². The van der Waals surface area contributed by atoms with Crippen LogP contribution in [0.2, 0.25) is 0 Å². The van der Waals surface area contributed by atoms with Gasteiger partial charge in [-0.25, -0.2) is 9.78 Å². The molecule has 22 heavy (non-hydrogen) atoms. The highest BCUT2D eigenvalue weighted by Crippen LogP contribution is 2.12. The van der Waals surface area contributed by atoms with Crippen LogP contribution in [-0.4, -0.2) is 25.2 Å². The zero-order valence-corrected chi connectivity index (χ0v) is 13.6. The summed E-state index contributed by atoms with van der Waals surface area (Å²) in [4.78, 5) is 29.8. The van der Waals surface area contributed by atoms with Crippen LogP contribution in [0.25, 0.3) is 11.2 Å². The highest BCUT2D eigenvalue weighted by Gasteiger charge is 2.19. The van der Waals surface area contributed by atoms with Crippen molar-refractivity contribution in [1.82, 2.24) is 18.7 Å². The summed E-state index contributed by atoms with van der Waals surface area (Å²) in [5.41, 5.74) is 5.95. The van der Waals surface area contributed by atoms with Gasteiger partial charge in [0.1, 0.15) is 5.82 Å². The van der Waals surface area contributed by atoms with Gasteiger partial charge in [0.25, 0.3) is 5.56 Å². The minimum Gasteiger partial charge on any atom is -0.329 e. The number of hydrogen-bond donors (Lipinski definition) is 1. The Hall–Kier alpha value is -1.89. The molecule has 0 aromatic carbocycles. The van der Waals surface area contributed by atoms with E-state index in [-0.39, 0.29) is 24.3 Å². The molecule has 122 valence electrons. The van der Waals surface area contributed by atoms with Gasteiger partial charge >= 0.3 is 5.69 Å². The third-order valence-corrected chi connectivity index (χ3v) is 3.90. The molecule has 0 spiro atoms. The van der Waals surface area contributed by atoms with Crippen molar-refractivity contribution in [2.75, 3.05) is 6.54 Å². The van der Waals surface area contributed by atoms with Crippen LogP contribution >= 0.6 is 0 Å². The van der Waals surface area contributed by atoms with Gasteiger partial charge in [0.05, 0.1) is 0 Å². The van der Waals surface area contributed by atoms with Crippen molar-refractivity contribution in [3.05, 3.63) is 26.7 Å². The normalized spacial score (nSPS) is 11.5. The van der Waals surface area contributed by atoms with E-state index < -0.39 is 0 Å². The highest BCUT2D eigenvalue weighted by molar-refractivity contribution is 5.71. The van der Waals surface area contributed by atoms with Crippen LogP contribution in [0.15, 0.2) is 9.59 Å². The summed E-state index contributed by atoms with van der Waals surface area (Å²) in [5.74, 6) is 0.838. The zero-order chi connectivity index (χ0) is 16.3. The maximum Gasteiger partial charge on any atom is 0.332 e. The number of fused-ring (bicyclic) bond motifs is 1. The molecule has 7 nitrogen and oxygen atoms in total. The molecule has 0 aliphatic heterocycles. The summed E-state index contributed by atoms with van der Waals surface area (Å²) >= 11 is 0. The number of imidazole rings is 1. The van der Waals surface area contributed by atoms with E-state index in [1.165, 1.54) is 4.57 Å². The van der Waals surface area contributed by atoms with Gasteiger partial charge in [-0.1, -0.05) is 20.3 Å². The zero-order valence-electron chi connectivity index (χ0n) is 13.6. The van der Waals surface area contributed by atoms with Crippen molar-refractivity contribution < 1.29 is 0 Å². The quantitative estimate of drug-likeness (QED) is 0.811. The molecule has 0 radical (unpaired) electrons. The van der Waals surface area contributed by atoms with Crippen molar-refractivity contribution in [1.29, 1.82) is 0 Å². The van der Waals surface area contributed by atoms with Crippen LogP contribution in [0.3, 0.4) is 0 Å². The van der Waals surface area contributed by atoms with E-state index in [2.05, 4.69) is 18.8 Å². The van der Waals surface area contributed by atoms with Gasteiger partial charge in [-0.15, -0.1) is 0 Å². The SMILES string of the molecule is CCCCn1c(=O)n(CCN)c(=O)c2c1nc(CCC)n2C. The molecule has 7 heteroatoms. The molecule has 0 aliphatic carbocycles. The molecule has 2 aromatic rings. The largest absolute Gasteiger partial charge is 0.332 e. The van der Waals surface area contributed by atoms with Crippen molar-refractivity contribution >= 4 is 11.2 Å². The van der Waals surface area contributed by atoms with Gasteiger partial charge in [-0.2, -0.15) is 0 Å². The van der Waals surface area contributed by atoms with Gasteiger partial charge in [0, 0.05) is 33.1 Å². The van der Waals surface area contributed by atoms with Crippen LogP contribution in [0, 0.1) is 0 Å². The molecule has 0 fully saturated rings. The third-order valence-electron chi connectivity index (χ3n) is 3.90. The van der Waals surface area contributed by atoms with Gasteiger partial charge < -0.3 is 10.3 Å². The smallest absolute Gasteiger partial charge is 0.329 e. The predicted octanol–water partition coefficient (Wildman–Crippen LogP) is 0.608. The molecule has 2 aromatic heterocycles. The summed E-state index contributed by atoms with van der Waals surface area (Å²) in [6, 6.07) is 0. The monoisotopic (exact) mass is 307 g/mol. The van der Waals surface area contributed by atoms with Crippen molar-refractivity contribution in [3.8, 4) is 0 Å². The summed E-state index contributed by atoms with van der Waals surface area (Å²) in [6.45, 7) is 5.19. The van der Waals surface area contributed by atoms with E-state index in [1.54, 1.807) is 4.57 Å². The lowest BCUT2D eigenvalue weighted by atomic mass is 10.3. The molecule has 0 saturated carbocycles. The first-order valence-corrected chi connectivity index (χ1v) is 7.95. The Bertz CT molecular complexity index is 769. The Kier molecular flexibility index (Phi) is 5.18. The minimum absolute atomic E-state index is 0.230. The Morgan fingerprint density at radius 3 is 2.41 bits per heavy atom. The fourth-order valence-electron chi connectivity index (χ4n) is 2.70. The molecule has 0 aliphatic rings. The first-order chi connectivity index (χ1) is 10.6. The molecule has 0 amide bonds. The third kappa shape index (κ3) is 2.72. The van der Waals surface area contributed by atoms with Gasteiger partial charge in [-0.3, -0.25) is 13.9 Å². The first-order valence-electron chi connectivity index (χ1n) is 7.95. The molecule has 0 unspecified atom stereocenters. The Balaban J connectivity index is 2.80. The average molecular weight is 307 g/mol. The molecule has 2 heterocycles. The lowest BCUT2D eigenvalue weighted by Crippen LogP contribution is -2.42. The molecule has 2 N–H and O–H groups in total. The second kappa shape index (κ2) is 6.91. The molecule has 0 bridgehead atoms. The number of nitrogens with two attached hydrogens (primary N) is 1. The van der Waals surface area contributed by atoms with Crippen LogP contribution in [-0.2, 0) is 26.6 Å². The van der Waals surface area contributed by atoms with E-state index in [0.717, 1.165) is 31.5 Å².